The van der Waals surface area contributed by atoms with Crippen molar-refractivity contribution in [1.82, 2.24) is 0 Å². The first-order valence-electron chi connectivity index (χ1n) is 7.37. The molecule has 0 aliphatic carbocycles. The van der Waals surface area contributed by atoms with E-state index in [0.29, 0.717) is 27.3 Å². The number of hydrogen-bond acceptors (Lipinski definition) is 5. The fourth-order valence-electron chi connectivity index (χ4n) is 2.02. The van der Waals surface area contributed by atoms with Crippen LogP contribution in [0.15, 0.2) is 41.3 Å². The largest absolute Gasteiger partial charge is 0.495 e. The maximum atomic E-state index is 10.6. The van der Waals surface area contributed by atoms with Crippen LogP contribution in [-0.4, -0.2) is 36.2 Å². The summed E-state index contributed by atoms with van der Waals surface area (Å²) in [5.41, 5.74) is 1.37. The Hall–Kier alpha value is -2.16. The van der Waals surface area contributed by atoms with Crippen LogP contribution in [0.1, 0.15) is 0 Å². The van der Waals surface area contributed by atoms with Gasteiger partial charge < -0.3 is 25.2 Å². The minimum absolute atomic E-state index is 0.0186. The number of carbonyl (C=O) groups is 1. The molecule has 9 heteroatoms. The van der Waals surface area contributed by atoms with Crippen LogP contribution in [0.25, 0.3) is 0 Å². The van der Waals surface area contributed by atoms with Crippen LogP contribution in [-0.2, 0) is 4.79 Å². The van der Waals surface area contributed by atoms with Crippen LogP contribution in [0.3, 0.4) is 0 Å². The van der Waals surface area contributed by atoms with Gasteiger partial charge in [-0.1, -0.05) is 11.6 Å². The van der Waals surface area contributed by atoms with Gasteiger partial charge in [0, 0.05) is 16.6 Å². The third-order valence-corrected chi connectivity index (χ3v) is 4.69. The van der Waals surface area contributed by atoms with Gasteiger partial charge in [-0.15, -0.1) is 11.8 Å². The minimum atomic E-state index is -0.852. The molecule has 2 aromatic carbocycles. The summed E-state index contributed by atoms with van der Waals surface area (Å²) >= 11 is 12.7. The molecule has 0 atom stereocenters. The number of carboxylic acids is 1. The highest BCUT2D eigenvalue weighted by atomic mass is 35.5. The Bertz CT molecular complexity index is 800. The number of thioether (sulfide) groups is 1. The number of benzene rings is 2. The topological polar surface area (TPSA) is 79.8 Å². The van der Waals surface area contributed by atoms with Crippen molar-refractivity contribution in [3.05, 3.63) is 41.4 Å². The van der Waals surface area contributed by atoms with Crippen molar-refractivity contribution in [2.45, 2.75) is 4.90 Å². The molecular formula is C17H17ClN2O4S2. The van der Waals surface area contributed by atoms with Gasteiger partial charge in [0.2, 0.25) is 0 Å². The summed E-state index contributed by atoms with van der Waals surface area (Å²) in [6.07, 6.45) is 0. The van der Waals surface area contributed by atoms with Crippen molar-refractivity contribution < 1.29 is 19.4 Å². The number of ether oxygens (including phenoxy) is 2. The molecule has 0 amide bonds. The molecule has 0 spiro atoms. The third-order valence-electron chi connectivity index (χ3n) is 3.20. The Morgan fingerprint density at radius 3 is 2.38 bits per heavy atom. The van der Waals surface area contributed by atoms with E-state index < -0.39 is 5.97 Å². The van der Waals surface area contributed by atoms with E-state index in [0.717, 1.165) is 10.6 Å². The highest BCUT2D eigenvalue weighted by Gasteiger charge is 2.11. The zero-order valence-electron chi connectivity index (χ0n) is 14.0. The fraction of sp³-hybridized carbons (Fsp3) is 0.176. The molecule has 0 saturated carbocycles. The van der Waals surface area contributed by atoms with Crippen LogP contribution in [0, 0.1) is 0 Å². The molecule has 2 aromatic rings. The van der Waals surface area contributed by atoms with Crippen molar-refractivity contribution in [1.29, 1.82) is 0 Å². The maximum absolute atomic E-state index is 10.6. The molecule has 2 rings (SSSR count). The van der Waals surface area contributed by atoms with E-state index in [-0.39, 0.29) is 5.75 Å². The van der Waals surface area contributed by atoms with Crippen molar-refractivity contribution in [2.75, 3.05) is 30.6 Å². The highest BCUT2D eigenvalue weighted by Crippen LogP contribution is 2.36. The van der Waals surface area contributed by atoms with E-state index in [1.807, 2.05) is 24.3 Å². The van der Waals surface area contributed by atoms with Gasteiger partial charge in [0.1, 0.15) is 11.5 Å². The van der Waals surface area contributed by atoms with Crippen molar-refractivity contribution >= 4 is 58.0 Å². The maximum Gasteiger partial charge on any atom is 0.313 e. The predicted octanol–water partition coefficient (Wildman–Crippen LogP) is 4.34. The van der Waals surface area contributed by atoms with Gasteiger partial charge in [0.15, 0.2) is 5.11 Å². The number of rotatable bonds is 7. The fourth-order valence-corrected chi connectivity index (χ4v) is 3.11. The first kappa shape index (κ1) is 20.2. The average Bonchev–Trinajstić information content (AvgIpc) is 2.61. The molecule has 0 aliphatic heterocycles. The molecule has 0 radical (unpaired) electrons. The Balaban J connectivity index is 2.02. The van der Waals surface area contributed by atoms with Crippen LogP contribution in [0.5, 0.6) is 11.5 Å². The Labute approximate surface area is 165 Å². The number of hydrogen-bond donors (Lipinski definition) is 3. The molecule has 0 aromatic heterocycles. The molecule has 0 saturated heterocycles. The number of carboxylic acid groups (broad SMARTS) is 1. The van der Waals surface area contributed by atoms with E-state index in [2.05, 4.69) is 10.6 Å². The molecule has 3 N–H and O–H groups in total. The number of thiocarbonyl (C=S) groups is 1. The first-order chi connectivity index (χ1) is 12.4. The Morgan fingerprint density at radius 1 is 1.15 bits per heavy atom. The van der Waals surface area contributed by atoms with Gasteiger partial charge in [-0.2, -0.15) is 0 Å². The van der Waals surface area contributed by atoms with Crippen LogP contribution in [0.2, 0.25) is 5.02 Å². The van der Waals surface area contributed by atoms with Gasteiger partial charge in [0.05, 0.1) is 30.7 Å². The molecule has 6 nitrogen and oxygen atoms in total. The van der Waals surface area contributed by atoms with E-state index in [9.17, 15) is 4.79 Å². The Morgan fingerprint density at radius 2 is 1.81 bits per heavy atom. The molecule has 138 valence electrons. The van der Waals surface area contributed by atoms with Gasteiger partial charge >= 0.3 is 5.97 Å². The van der Waals surface area contributed by atoms with Crippen molar-refractivity contribution in [2.24, 2.45) is 0 Å². The Kier molecular flexibility index (Phi) is 7.38. The molecule has 0 fully saturated rings. The molecule has 0 unspecified atom stereocenters. The van der Waals surface area contributed by atoms with E-state index in [4.69, 9.17) is 38.4 Å². The summed E-state index contributed by atoms with van der Waals surface area (Å²) < 4.78 is 10.5. The number of anilines is 2. The molecule has 0 heterocycles. The number of methoxy groups -OCH3 is 2. The lowest BCUT2D eigenvalue weighted by atomic mass is 10.2. The zero-order valence-corrected chi connectivity index (χ0v) is 16.4. The second kappa shape index (κ2) is 9.51. The van der Waals surface area contributed by atoms with Crippen molar-refractivity contribution in [3.63, 3.8) is 0 Å². The lowest BCUT2D eigenvalue weighted by Gasteiger charge is -2.15. The summed E-state index contributed by atoms with van der Waals surface area (Å²) in [4.78, 5) is 11.5. The minimum Gasteiger partial charge on any atom is -0.495 e. The van der Waals surface area contributed by atoms with E-state index in [1.54, 1.807) is 12.1 Å². The summed E-state index contributed by atoms with van der Waals surface area (Å²) in [5, 5.41) is 15.6. The highest BCUT2D eigenvalue weighted by molar-refractivity contribution is 8.00. The van der Waals surface area contributed by atoms with Gasteiger partial charge in [-0.3, -0.25) is 4.79 Å². The van der Waals surface area contributed by atoms with Gasteiger partial charge in [0.25, 0.3) is 0 Å². The van der Waals surface area contributed by atoms with E-state index in [1.165, 1.54) is 26.0 Å². The second-order valence-corrected chi connectivity index (χ2v) is 6.84. The summed E-state index contributed by atoms with van der Waals surface area (Å²) in [7, 11) is 3.07. The van der Waals surface area contributed by atoms with Crippen LogP contribution < -0.4 is 20.1 Å². The SMILES string of the molecule is COc1cc(OC)c(NC(=S)Nc2ccc(SCC(=O)O)cc2)cc1Cl. The van der Waals surface area contributed by atoms with E-state index >= 15 is 0 Å². The number of aliphatic carboxylic acids is 1. The van der Waals surface area contributed by atoms with Crippen LogP contribution in [0.4, 0.5) is 11.4 Å². The predicted molar refractivity (Wildman–Crippen MR) is 109 cm³/mol. The number of nitrogens with one attached hydrogen (secondary N) is 2. The van der Waals surface area contributed by atoms with Crippen LogP contribution >= 0.6 is 35.6 Å². The molecule has 0 bridgehead atoms. The monoisotopic (exact) mass is 412 g/mol. The zero-order chi connectivity index (χ0) is 19.1. The summed E-state index contributed by atoms with van der Waals surface area (Å²) in [6, 6.07) is 10.6. The third kappa shape index (κ3) is 5.69. The molecular weight excluding hydrogens is 396 g/mol. The summed E-state index contributed by atoms with van der Waals surface area (Å²) in [5.74, 6) is 0.206. The molecule has 0 aliphatic rings. The lowest BCUT2D eigenvalue weighted by Crippen LogP contribution is -2.19. The standard InChI is InChI=1S/C17H17ClN2O4S2/c1-23-14-8-15(24-2)13(7-12(14)18)20-17(25)19-10-3-5-11(6-4-10)26-9-16(21)22/h3-8H,9H2,1-2H3,(H,21,22)(H2,19,20,25). The average molecular weight is 413 g/mol. The number of halogens is 1. The summed E-state index contributed by atoms with van der Waals surface area (Å²) in [6.45, 7) is 0. The van der Waals surface area contributed by atoms with Gasteiger partial charge in [-0.25, -0.2) is 0 Å². The molecule has 26 heavy (non-hydrogen) atoms. The lowest BCUT2D eigenvalue weighted by molar-refractivity contribution is -0.133. The quantitative estimate of drug-likeness (QED) is 0.457. The second-order valence-electron chi connectivity index (χ2n) is 4.97. The van der Waals surface area contributed by atoms with Gasteiger partial charge in [-0.05, 0) is 42.5 Å². The van der Waals surface area contributed by atoms with Crippen molar-refractivity contribution in [3.8, 4) is 11.5 Å². The normalized spacial score (nSPS) is 10.1. The first-order valence-corrected chi connectivity index (χ1v) is 9.14. The smallest absolute Gasteiger partial charge is 0.313 e.